The molecule has 1 amide bonds. The van der Waals surface area contributed by atoms with Crippen molar-refractivity contribution >= 4 is 75.8 Å². The SMILES string of the molecule is [B]C1([B])OC2([B])[B]C2([B])N(c2ccc3c(c2)N(C=O)Cc2cccnc2N3)C1([B])O. The van der Waals surface area contributed by atoms with Gasteiger partial charge < -0.3 is 25.0 Å². The van der Waals surface area contributed by atoms with Gasteiger partial charge in [-0.3, -0.25) is 4.79 Å². The molecule has 1 aromatic carbocycles. The van der Waals surface area contributed by atoms with Gasteiger partial charge in [0.15, 0.2) is 7.28 Å². The summed E-state index contributed by atoms with van der Waals surface area (Å²) in [6.45, 7) is 0.282. The van der Waals surface area contributed by atoms with Gasteiger partial charge in [-0.1, -0.05) is 6.07 Å². The summed E-state index contributed by atoms with van der Waals surface area (Å²) in [5.74, 6) is 0.632. The Morgan fingerprint density at radius 3 is 2.73 bits per heavy atom. The van der Waals surface area contributed by atoms with E-state index in [-0.39, 0.29) is 6.54 Å². The number of pyridine rings is 1. The van der Waals surface area contributed by atoms with E-state index in [9.17, 15) is 9.90 Å². The number of rotatable bonds is 2. The summed E-state index contributed by atoms with van der Waals surface area (Å²) in [7, 11) is 31.8. The first-order valence-corrected chi connectivity index (χ1v) is 9.14. The van der Waals surface area contributed by atoms with Gasteiger partial charge in [0.05, 0.1) is 25.8 Å². The molecule has 3 aliphatic rings. The summed E-state index contributed by atoms with van der Waals surface area (Å²) in [4.78, 5) is 18.9. The quantitative estimate of drug-likeness (QED) is 0.475. The molecule has 13 heteroatoms. The van der Waals surface area contributed by atoms with Gasteiger partial charge in [0.1, 0.15) is 42.8 Å². The first kappa shape index (κ1) is 19.7. The van der Waals surface area contributed by atoms with E-state index in [1.807, 2.05) is 6.07 Å². The lowest BCUT2D eigenvalue weighted by Crippen LogP contribution is -2.77. The maximum atomic E-state index is 11.9. The average molecular weight is 384 g/mol. The molecule has 5 rings (SSSR count). The Balaban J connectivity index is 1.63. The van der Waals surface area contributed by atoms with E-state index in [2.05, 4.69) is 10.3 Å². The molecule has 3 unspecified atom stereocenters. The van der Waals surface area contributed by atoms with Crippen molar-refractivity contribution in [1.29, 1.82) is 0 Å². The van der Waals surface area contributed by atoms with Crippen molar-refractivity contribution in [2.45, 2.75) is 28.3 Å². The first-order chi connectivity index (χ1) is 14.0. The van der Waals surface area contributed by atoms with Crippen LogP contribution in [0.3, 0.4) is 0 Å². The summed E-state index contributed by atoms with van der Waals surface area (Å²) < 4.78 is 5.37. The second-order valence-corrected chi connectivity index (χ2v) is 7.79. The largest absolute Gasteiger partial charge is 0.401 e. The van der Waals surface area contributed by atoms with Crippen LogP contribution in [0.2, 0.25) is 0 Å². The number of ether oxygens (including phenoxy) is 1. The monoisotopic (exact) mass is 385 g/mol. The highest BCUT2D eigenvalue weighted by atomic mass is 16.5. The molecule has 0 spiro atoms. The number of aromatic nitrogens is 1. The number of amides is 1. The molecule has 4 heterocycles. The molecule has 2 N–H and O–H groups in total. The number of anilines is 4. The minimum atomic E-state index is -2.42. The maximum Gasteiger partial charge on any atom is 0.214 e. The van der Waals surface area contributed by atoms with Gasteiger partial charge in [0, 0.05) is 28.2 Å². The van der Waals surface area contributed by atoms with Crippen LogP contribution in [-0.2, 0) is 16.1 Å². The van der Waals surface area contributed by atoms with Crippen LogP contribution in [0.4, 0.5) is 22.9 Å². The Labute approximate surface area is 181 Å². The van der Waals surface area contributed by atoms with E-state index in [0.717, 1.165) is 5.56 Å². The molecule has 0 bridgehead atoms. The highest BCUT2D eigenvalue weighted by molar-refractivity contribution is 6.82. The minimum absolute atomic E-state index is 0.282. The number of aliphatic hydroxyl groups is 1. The van der Waals surface area contributed by atoms with Crippen molar-refractivity contribution in [2.24, 2.45) is 0 Å². The molecule has 30 heavy (non-hydrogen) atoms. The normalized spacial score (nSPS) is 33.1. The van der Waals surface area contributed by atoms with Crippen LogP contribution in [0.25, 0.3) is 0 Å². The second kappa shape index (κ2) is 5.92. The highest BCUT2D eigenvalue weighted by Crippen LogP contribution is 2.54. The molecular formula is C17H11B6N4O3. The molecule has 135 valence electrons. The molecule has 11 radical (unpaired) electrons. The molecule has 2 fully saturated rings. The van der Waals surface area contributed by atoms with Gasteiger partial charge in [-0.25, -0.2) is 4.98 Å². The Morgan fingerprint density at radius 2 is 2.00 bits per heavy atom. The van der Waals surface area contributed by atoms with Crippen molar-refractivity contribution in [1.82, 2.24) is 4.98 Å². The second-order valence-electron chi connectivity index (χ2n) is 7.79. The van der Waals surface area contributed by atoms with Gasteiger partial charge in [0.25, 0.3) is 0 Å². The molecule has 3 aliphatic heterocycles. The zero-order valence-corrected chi connectivity index (χ0v) is 15.8. The van der Waals surface area contributed by atoms with E-state index < -0.39 is 21.8 Å². The fourth-order valence-corrected chi connectivity index (χ4v) is 4.03. The fourth-order valence-electron chi connectivity index (χ4n) is 4.03. The lowest BCUT2D eigenvalue weighted by Gasteiger charge is -2.60. The predicted octanol–water partition coefficient (Wildman–Crippen LogP) is -1.69. The van der Waals surface area contributed by atoms with E-state index in [1.165, 1.54) is 17.1 Å². The molecule has 1 aromatic heterocycles. The highest BCUT2D eigenvalue weighted by Gasteiger charge is 2.73. The lowest BCUT2D eigenvalue weighted by molar-refractivity contribution is -0.107. The Kier molecular flexibility index (Phi) is 3.88. The molecule has 2 aromatic rings. The van der Waals surface area contributed by atoms with Gasteiger partial charge in [-0.05, 0) is 29.6 Å². The van der Waals surface area contributed by atoms with Crippen molar-refractivity contribution < 1.29 is 14.6 Å². The van der Waals surface area contributed by atoms with Crippen LogP contribution in [-0.4, -0.2) is 84.8 Å². The Hall–Kier alpha value is -2.25. The summed E-state index contributed by atoms with van der Waals surface area (Å²) >= 11 is 0. The van der Waals surface area contributed by atoms with Crippen LogP contribution in [0.15, 0.2) is 36.5 Å². The van der Waals surface area contributed by atoms with E-state index in [1.54, 1.807) is 30.5 Å². The Bertz CT molecular complexity index is 1070. The average Bonchev–Trinajstić information content (AvgIpc) is 3.26. The summed E-state index contributed by atoms with van der Waals surface area (Å²) in [6.07, 6.45) is 2.36. The van der Waals surface area contributed by atoms with Crippen molar-refractivity contribution in [3.8, 4) is 0 Å². The summed E-state index contributed by atoms with van der Waals surface area (Å²) in [5, 5.41) is 8.98. The van der Waals surface area contributed by atoms with Crippen molar-refractivity contribution in [3.05, 3.63) is 42.1 Å². The number of nitrogens with one attached hydrogen (secondary N) is 1. The summed E-state index contributed by atoms with van der Waals surface area (Å²) in [5.41, 5.74) is -0.122. The van der Waals surface area contributed by atoms with Crippen LogP contribution in [0, 0.1) is 0 Å². The third kappa shape index (κ3) is 2.48. The number of carbonyl (C=O) groups is 1. The smallest absolute Gasteiger partial charge is 0.214 e. The van der Waals surface area contributed by atoms with Crippen molar-refractivity contribution in [2.75, 3.05) is 15.1 Å². The summed E-state index contributed by atoms with van der Waals surface area (Å²) in [6, 6.07) is 8.63. The van der Waals surface area contributed by atoms with Crippen LogP contribution in [0.1, 0.15) is 5.56 Å². The number of hydrogen-bond acceptors (Lipinski definition) is 6. The molecule has 3 atom stereocenters. The van der Waals surface area contributed by atoms with E-state index >= 15 is 0 Å². The number of nitrogens with zero attached hydrogens (tertiary/aromatic N) is 3. The molecular weight excluding hydrogens is 373 g/mol. The molecule has 2 saturated heterocycles. The zero-order valence-electron chi connectivity index (χ0n) is 15.8. The standard InChI is InChI=1S/C17H11B6N4O3/c18-14(19)17(22,29)27(15(20)16(21,23-15)30-14)10-3-4-11-12(6-10)26(8-28)7-9-2-1-5-24-13(9)25-11/h1-6,8,29H,7H2,(H,24,25). The predicted molar refractivity (Wildman–Crippen MR) is 117 cm³/mol. The third-order valence-electron chi connectivity index (χ3n) is 5.76. The van der Waals surface area contributed by atoms with Gasteiger partial charge in [0.2, 0.25) is 6.41 Å². The number of fused-ring (bicyclic) bond motifs is 3. The number of morpholine rings is 1. The topological polar surface area (TPSA) is 77.9 Å². The Morgan fingerprint density at radius 1 is 1.23 bits per heavy atom. The van der Waals surface area contributed by atoms with Gasteiger partial charge >= 0.3 is 0 Å². The van der Waals surface area contributed by atoms with Crippen LogP contribution in [0.5, 0.6) is 0 Å². The van der Waals surface area contributed by atoms with Gasteiger partial charge in [-0.2, -0.15) is 0 Å². The van der Waals surface area contributed by atoms with Gasteiger partial charge in [-0.15, -0.1) is 0 Å². The van der Waals surface area contributed by atoms with Crippen LogP contribution < -0.4 is 15.1 Å². The van der Waals surface area contributed by atoms with Crippen LogP contribution >= 0.6 is 0 Å². The van der Waals surface area contributed by atoms with Crippen molar-refractivity contribution in [3.63, 3.8) is 0 Å². The van der Waals surface area contributed by atoms with E-state index in [4.69, 9.17) is 44.0 Å². The maximum absolute atomic E-state index is 11.9. The minimum Gasteiger partial charge on any atom is -0.401 e. The molecule has 7 nitrogen and oxygen atoms in total. The zero-order chi connectivity index (χ0) is 21.5. The lowest BCUT2D eigenvalue weighted by atomic mass is 9.49. The molecule has 0 aliphatic carbocycles. The molecule has 0 saturated carbocycles. The number of hydrogen-bond donors (Lipinski definition) is 2. The first-order valence-electron chi connectivity index (χ1n) is 9.14. The van der Waals surface area contributed by atoms with E-state index in [0.29, 0.717) is 29.3 Å². The fraction of sp³-hybridized carbons (Fsp3) is 0.294. The number of carbonyl (C=O) groups excluding carboxylic acids is 1. The number of benzene rings is 1. The third-order valence-corrected chi connectivity index (χ3v) is 5.76.